The summed E-state index contributed by atoms with van der Waals surface area (Å²) in [6, 6.07) is 26.7. The fraction of sp³-hybridized carbons (Fsp3) is 0.410. The van der Waals surface area contributed by atoms with Gasteiger partial charge in [-0.2, -0.15) is 0 Å². The second-order valence-corrected chi connectivity index (χ2v) is 21.0. The molecule has 3 aliphatic carbocycles. The predicted molar refractivity (Wildman–Crippen MR) is 170 cm³/mol. The van der Waals surface area contributed by atoms with Gasteiger partial charge in [0.1, 0.15) is 0 Å². The van der Waals surface area contributed by atoms with E-state index in [9.17, 15) is 0 Å². The van der Waals surface area contributed by atoms with Crippen LogP contribution in [-0.2, 0) is 32.1 Å². The molecule has 6 rings (SSSR count). The Morgan fingerprint density at radius 2 is 1.14 bits per heavy atom. The molecule has 0 radical (unpaired) electrons. The minimum atomic E-state index is -2.48. The number of rotatable bonds is 4. The van der Waals surface area contributed by atoms with Crippen molar-refractivity contribution in [1.82, 2.24) is 0 Å². The molecule has 0 saturated heterocycles. The second kappa shape index (κ2) is 13.2. The third-order valence-electron chi connectivity index (χ3n) is 9.57. The van der Waals surface area contributed by atoms with Crippen LogP contribution in [0.1, 0.15) is 105 Å². The molecule has 3 aromatic rings. The first kappa shape index (κ1) is 33.4. The van der Waals surface area contributed by atoms with E-state index in [1.165, 1.54) is 54.4 Å². The minimum absolute atomic E-state index is 0. The third-order valence-corrected chi connectivity index (χ3v) is 18.6. The molecule has 0 N–H and O–H groups in total. The molecule has 1 fully saturated rings. The van der Waals surface area contributed by atoms with Gasteiger partial charge in [-0.1, -0.05) is 0 Å². The van der Waals surface area contributed by atoms with Crippen molar-refractivity contribution in [2.45, 2.75) is 91.7 Å². The van der Waals surface area contributed by atoms with Crippen molar-refractivity contribution in [2.75, 3.05) is 0 Å². The quantitative estimate of drug-likeness (QED) is 0.377. The van der Waals surface area contributed by atoms with E-state index in [-0.39, 0.29) is 35.6 Å². The number of benzene rings is 3. The number of hydrogen-bond donors (Lipinski definition) is 0. The van der Waals surface area contributed by atoms with Gasteiger partial charge < -0.3 is 24.8 Å². The number of fused-ring (bicyclic) bond motifs is 3. The summed E-state index contributed by atoms with van der Waals surface area (Å²) in [5.41, 5.74) is 11.0. The van der Waals surface area contributed by atoms with Crippen molar-refractivity contribution in [3.05, 3.63) is 119 Å². The van der Waals surface area contributed by atoms with Crippen LogP contribution < -0.4 is 24.8 Å². The Kier molecular flexibility index (Phi) is 10.5. The third kappa shape index (κ3) is 6.46. The van der Waals surface area contributed by atoms with Gasteiger partial charge in [0, 0.05) is 0 Å². The van der Waals surface area contributed by atoms with E-state index in [4.69, 9.17) is 0 Å². The van der Waals surface area contributed by atoms with Crippen LogP contribution in [0.4, 0.5) is 0 Å². The van der Waals surface area contributed by atoms with Crippen LogP contribution in [0.2, 0.25) is 3.63 Å². The molecule has 3 aromatic carbocycles. The summed E-state index contributed by atoms with van der Waals surface area (Å²) in [7, 11) is 0. The van der Waals surface area contributed by atoms with Gasteiger partial charge >= 0.3 is 252 Å². The summed E-state index contributed by atoms with van der Waals surface area (Å²) in [5, 5.41) is 0. The van der Waals surface area contributed by atoms with Crippen molar-refractivity contribution in [3.8, 4) is 11.1 Å². The van der Waals surface area contributed by atoms with Gasteiger partial charge in [-0.3, -0.25) is 0 Å². The second-order valence-electron chi connectivity index (χ2n) is 14.4. The normalized spacial score (nSPS) is 17.3. The molecule has 42 heavy (non-hydrogen) atoms. The molecular weight excluding hydrogens is 631 g/mol. The molecule has 0 bridgehead atoms. The minimum Gasteiger partial charge on any atom is -1.00 e. The smallest absolute Gasteiger partial charge is 1.00 e. The van der Waals surface area contributed by atoms with Crippen LogP contribution in [0.15, 0.2) is 91.0 Å². The summed E-state index contributed by atoms with van der Waals surface area (Å²) in [6.07, 6.45) is 16.7. The molecule has 3 heteroatoms. The average Bonchev–Trinajstić information content (AvgIpc) is 3.58. The van der Waals surface area contributed by atoms with Crippen molar-refractivity contribution < 1.29 is 46.1 Å². The molecule has 0 amide bonds. The fourth-order valence-corrected chi connectivity index (χ4v) is 17.4. The van der Waals surface area contributed by atoms with Crippen molar-refractivity contribution >= 4 is 3.21 Å². The summed E-state index contributed by atoms with van der Waals surface area (Å²) in [5.74, 6) is 0.733. The first-order valence-corrected chi connectivity index (χ1v) is 19.6. The maximum atomic E-state index is 2.63. The van der Waals surface area contributed by atoms with Crippen LogP contribution in [0.3, 0.4) is 0 Å². The van der Waals surface area contributed by atoms with Crippen molar-refractivity contribution in [1.29, 1.82) is 0 Å². The van der Waals surface area contributed by atoms with E-state index in [2.05, 4.69) is 133 Å². The van der Waals surface area contributed by atoms with Gasteiger partial charge in [-0.05, 0) is 0 Å². The predicted octanol–water partition coefficient (Wildman–Crippen LogP) is 4.69. The maximum absolute atomic E-state index is 2.63. The molecule has 0 spiro atoms. The Morgan fingerprint density at radius 3 is 1.62 bits per heavy atom. The number of allylic oxidation sites excluding steroid dienone is 4. The van der Waals surface area contributed by atoms with Crippen molar-refractivity contribution in [3.63, 3.8) is 0 Å². The van der Waals surface area contributed by atoms with E-state index in [0.29, 0.717) is 7.25 Å². The zero-order chi connectivity index (χ0) is 28.1. The Labute approximate surface area is 275 Å². The molecule has 3 aliphatic rings. The number of hydrogen-bond acceptors (Lipinski definition) is 0. The van der Waals surface area contributed by atoms with Crippen molar-refractivity contribution in [2.24, 2.45) is 5.92 Å². The van der Waals surface area contributed by atoms with Gasteiger partial charge in [-0.15, -0.1) is 0 Å². The number of halogens is 2. The van der Waals surface area contributed by atoms with Gasteiger partial charge in [0.15, 0.2) is 0 Å². The van der Waals surface area contributed by atoms with E-state index in [1.807, 2.05) is 3.21 Å². The van der Waals surface area contributed by atoms with Crippen LogP contribution in [-0.4, -0.2) is 3.21 Å². The monoisotopic (exact) mass is 674 g/mol. The topological polar surface area (TPSA) is 0 Å². The standard InChI is InChI=1S/C21H25.C13H16.C5H5.2ClH.Zr/c1-20(2,3)16-7-9-18-14(12-16)11-15-13-17(21(4,5)6)8-10-19(15)18;1-3-7-12(8-4-1)11-13-9-5-2-6-10-13;1-2-4-5-3-1;;;/h7-13H,1-6H3;1,3-4,7-8,13H,2,5-6,9-10H2;1-5H;2*1H;/q;;;;;+2/p-2. The summed E-state index contributed by atoms with van der Waals surface area (Å²) < 4.78 is 3.03. The van der Waals surface area contributed by atoms with Crippen LogP contribution in [0.25, 0.3) is 11.1 Å². The summed E-state index contributed by atoms with van der Waals surface area (Å²) in [6.45, 7) is 14.2. The summed E-state index contributed by atoms with van der Waals surface area (Å²) >= 11 is -2.48. The summed E-state index contributed by atoms with van der Waals surface area (Å²) in [4.78, 5) is 0. The molecule has 1 saturated carbocycles. The maximum Gasteiger partial charge on any atom is -1.00 e. The van der Waals surface area contributed by atoms with E-state index >= 15 is 0 Å². The van der Waals surface area contributed by atoms with Gasteiger partial charge in [0.05, 0.1) is 0 Å². The van der Waals surface area contributed by atoms with Gasteiger partial charge in [0.2, 0.25) is 0 Å². The van der Waals surface area contributed by atoms with E-state index < -0.39 is 21.3 Å². The first-order chi connectivity index (χ1) is 19.1. The zero-order valence-corrected chi connectivity index (χ0v) is 30.2. The Bertz CT molecular complexity index is 1420. The van der Waals surface area contributed by atoms with Gasteiger partial charge in [0.25, 0.3) is 0 Å². The first-order valence-electron chi connectivity index (χ1n) is 15.6. The molecule has 0 heterocycles. The van der Waals surface area contributed by atoms with Crippen LogP contribution in [0, 0.1) is 5.92 Å². The average molecular weight is 677 g/mol. The molecule has 0 unspecified atom stereocenters. The Balaban J connectivity index is 0.00000202. The van der Waals surface area contributed by atoms with Gasteiger partial charge in [-0.25, -0.2) is 0 Å². The Hall–Kier alpha value is -1.53. The van der Waals surface area contributed by atoms with E-state index in [0.717, 1.165) is 5.92 Å². The van der Waals surface area contributed by atoms with E-state index in [1.54, 1.807) is 16.7 Å². The molecule has 220 valence electrons. The molecule has 0 atom stereocenters. The SMILES string of the molecule is CC(C)(C)c1ccc2c(c1)[CH]([Zr+2](=[C](c1ccccc1)C1CCCCC1)[CH]1C=CC=C1)c1cc(C(C)(C)C)ccc1-2.[Cl-].[Cl-]. The molecular formula is C39H46Cl2Zr. The molecule has 0 aliphatic heterocycles. The molecule has 0 aromatic heterocycles. The largest absolute Gasteiger partial charge is 1.00 e. The van der Waals surface area contributed by atoms with Crippen LogP contribution in [0.5, 0.6) is 0 Å². The fourth-order valence-electron chi connectivity index (χ4n) is 7.34. The zero-order valence-electron chi connectivity index (χ0n) is 26.2. The van der Waals surface area contributed by atoms with Crippen LogP contribution >= 0.6 is 0 Å². The molecule has 0 nitrogen and oxygen atoms in total. The Morgan fingerprint density at radius 1 is 0.643 bits per heavy atom.